The molecule has 1 fully saturated rings. The van der Waals surface area contributed by atoms with Gasteiger partial charge in [-0.05, 0) is 37.0 Å². The summed E-state index contributed by atoms with van der Waals surface area (Å²) >= 11 is 5.84. The predicted octanol–water partition coefficient (Wildman–Crippen LogP) is 2.52. The predicted molar refractivity (Wildman–Crippen MR) is 86.6 cm³/mol. The van der Waals surface area contributed by atoms with Gasteiger partial charge < -0.3 is 9.47 Å². The van der Waals surface area contributed by atoms with Crippen molar-refractivity contribution in [3.05, 3.63) is 34.9 Å². The molecule has 0 amide bonds. The summed E-state index contributed by atoms with van der Waals surface area (Å²) in [4.78, 5) is 0. The summed E-state index contributed by atoms with van der Waals surface area (Å²) in [5, 5.41) is 0.632. The van der Waals surface area contributed by atoms with Crippen LogP contribution in [0.4, 0.5) is 0 Å². The SMILES string of the molecule is COC(CNS(=O)(=O)CCOC1CCC1)c1ccc(Cl)cc1. The molecule has 5 nitrogen and oxygen atoms in total. The molecule has 1 aliphatic carbocycles. The fourth-order valence-corrected chi connectivity index (χ4v) is 3.14. The Kier molecular flexibility index (Phi) is 6.65. The van der Waals surface area contributed by atoms with Crippen molar-refractivity contribution in [2.75, 3.05) is 26.0 Å². The van der Waals surface area contributed by atoms with Crippen LogP contribution in [0.2, 0.25) is 5.02 Å². The van der Waals surface area contributed by atoms with Crippen molar-refractivity contribution in [2.24, 2.45) is 0 Å². The average Bonchev–Trinajstić information content (AvgIpc) is 2.44. The number of methoxy groups -OCH3 is 1. The lowest BCUT2D eigenvalue weighted by atomic mass is 9.96. The van der Waals surface area contributed by atoms with Crippen molar-refractivity contribution in [2.45, 2.75) is 31.5 Å². The van der Waals surface area contributed by atoms with Crippen molar-refractivity contribution in [1.29, 1.82) is 0 Å². The van der Waals surface area contributed by atoms with E-state index in [0.29, 0.717) is 5.02 Å². The number of ether oxygens (including phenoxy) is 2. The van der Waals surface area contributed by atoms with Gasteiger partial charge in [-0.15, -0.1) is 0 Å². The van der Waals surface area contributed by atoms with Crippen LogP contribution >= 0.6 is 11.6 Å². The van der Waals surface area contributed by atoms with Crippen molar-refractivity contribution < 1.29 is 17.9 Å². The van der Waals surface area contributed by atoms with Gasteiger partial charge in [-0.25, -0.2) is 13.1 Å². The molecule has 7 heteroatoms. The van der Waals surface area contributed by atoms with E-state index in [1.807, 2.05) is 12.1 Å². The Balaban J connectivity index is 1.79. The van der Waals surface area contributed by atoms with Crippen LogP contribution in [0.15, 0.2) is 24.3 Å². The third-order valence-electron chi connectivity index (χ3n) is 3.77. The van der Waals surface area contributed by atoms with Gasteiger partial charge >= 0.3 is 0 Å². The van der Waals surface area contributed by atoms with E-state index in [1.165, 1.54) is 6.42 Å². The van der Waals surface area contributed by atoms with E-state index in [-0.39, 0.29) is 31.1 Å². The van der Waals surface area contributed by atoms with Crippen LogP contribution in [0.25, 0.3) is 0 Å². The molecule has 1 unspecified atom stereocenters. The molecular weight excluding hydrogens is 326 g/mol. The quantitative estimate of drug-likeness (QED) is 0.745. The van der Waals surface area contributed by atoms with E-state index < -0.39 is 10.0 Å². The fourth-order valence-electron chi connectivity index (χ4n) is 2.15. The molecule has 1 saturated carbocycles. The average molecular weight is 348 g/mol. The van der Waals surface area contributed by atoms with Crippen LogP contribution in [0.1, 0.15) is 30.9 Å². The zero-order chi connectivity index (χ0) is 16.0. The topological polar surface area (TPSA) is 64.6 Å². The van der Waals surface area contributed by atoms with E-state index in [4.69, 9.17) is 21.1 Å². The molecule has 1 atom stereocenters. The minimum atomic E-state index is -3.36. The molecular formula is C15H22ClNO4S. The Hall–Kier alpha value is -0.660. The molecule has 124 valence electrons. The maximum absolute atomic E-state index is 12.0. The van der Waals surface area contributed by atoms with Crippen molar-refractivity contribution in [1.82, 2.24) is 4.72 Å². The largest absolute Gasteiger partial charge is 0.377 e. The third-order valence-corrected chi connectivity index (χ3v) is 5.34. The summed E-state index contributed by atoms with van der Waals surface area (Å²) in [6.07, 6.45) is 3.15. The molecule has 1 aromatic carbocycles. The van der Waals surface area contributed by atoms with E-state index in [2.05, 4.69) is 4.72 Å². The Morgan fingerprint density at radius 3 is 2.55 bits per heavy atom. The van der Waals surface area contributed by atoms with Crippen LogP contribution in [-0.4, -0.2) is 40.5 Å². The van der Waals surface area contributed by atoms with Crippen LogP contribution in [0, 0.1) is 0 Å². The highest BCUT2D eigenvalue weighted by Gasteiger charge is 2.20. The first-order valence-electron chi connectivity index (χ1n) is 7.37. The van der Waals surface area contributed by atoms with Gasteiger partial charge in [0.2, 0.25) is 10.0 Å². The lowest BCUT2D eigenvalue weighted by molar-refractivity contribution is 0.0109. The second-order valence-corrected chi connectivity index (χ2v) is 7.73. The summed E-state index contributed by atoms with van der Waals surface area (Å²) in [6.45, 7) is 0.419. The highest BCUT2D eigenvalue weighted by molar-refractivity contribution is 7.89. The summed E-state index contributed by atoms with van der Waals surface area (Å²) in [5.41, 5.74) is 0.875. The van der Waals surface area contributed by atoms with E-state index in [0.717, 1.165) is 18.4 Å². The van der Waals surface area contributed by atoms with Gasteiger partial charge in [-0.2, -0.15) is 0 Å². The molecule has 22 heavy (non-hydrogen) atoms. The second-order valence-electron chi connectivity index (χ2n) is 5.37. The number of hydrogen-bond donors (Lipinski definition) is 1. The molecule has 1 aromatic rings. The fraction of sp³-hybridized carbons (Fsp3) is 0.600. The lowest BCUT2D eigenvalue weighted by Crippen LogP contribution is -2.33. The minimum Gasteiger partial charge on any atom is -0.377 e. The molecule has 0 saturated heterocycles. The zero-order valence-corrected chi connectivity index (χ0v) is 14.2. The zero-order valence-electron chi connectivity index (χ0n) is 12.6. The minimum absolute atomic E-state index is 0.0272. The van der Waals surface area contributed by atoms with Crippen LogP contribution in [0.5, 0.6) is 0 Å². The maximum Gasteiger partial charge on any atom is 0.213 e. The molecule has 0 spiro atoms. The highest BCUT2D eigenvalue weighted by atomic mass is 35.5. The molecule has 1 N–H and O–H groups in total. The van der Waals surface area contributed by atoms with Crippen LogP contribution in [0.3, 0.4) is 0 Å². The van der Waals surface area contributed by atoms with E-state index in [1.54, 1.807) is 19.2 Å². The highest BCUT2D eigenvalue weighted by Crippen LogP contribution is 2.22. The van der Waals surface area contributed by atoms with Crippen LogP contribution < -0.4 is 4.72 Å². The normalized spacial score (nSPS) is 17.2. The second kappa shape index (κ2) is 8.26. The summed E-state index contributed by atoms with van der Waals surface area (Å²) in [7, 11) is -1.81. The molecule has 0 heterocycles. The first-order chi connectivity index (χ1) is 10.5. The van der Waals surface area contributed by atoms with E-state index in [9.17, 15) is 8.42 Å². The van der Waals surface area contributed by atoms with Crippen LogP contribution in [-0.2, 0) is 19.5 Å². The molecule has 2 rings (SSSR count). The maximum atomic E-state index is 12.0. The summed E-state index contributed by atoms with van der Waals surface area (Å²) in [6, 6.07) is 7.16. The number of sulfonamides is 1. The third kappa shape index (κ3) is 5.52. The van der Waals surface area contributed by atoms with Gasteiger partial charge in [0, 0.05) is 18.7 Å². The Labute approximate surface area is 137 Å². The Morgan fingerprint density at radius 1 is 1.32 bits per heavy atom. The molecule has 0 radical (unpaired) electrons. The first-order valence-corrected chi connectivity index (χ1v) is 9.40. The van der Waals surface area contributed by atoms with Crippen molar-refractivity contribution >= 4 is 21.6 Å². The number of halogens is 1. The monoisotopic (exact) mass is 347 g/mol. The van der Waals surface area contributed by atoms with E-state index >= 15 is 0 Å². The number of hydrogen-bond acceptors (Lipinski definition) is 4. The van der Waals surface area contributed by atoms with Crippen molar-refractivity contribution in [3.8, 4) is 0 Å². The Bertz CT molecular complexity index is 557. The Morgan fingerprint density at radius 2 is 2.00 bits per heavy atom. The summed E-state index contributed by atoms with van der Waals surface area (Å²) < 4.78 is 37.3. The number of nitrogens with one attached hydrogen (secondary N) is 1. The standard InChI is InChI=1S/C15H22ClNO4S/c1-20-15(12-5-7-13(16)8-6-12)11-17-22(18,19)10-9-21-14-3-2-4-14/h5-8,14-15,17H,2-4,9-11H2,1H3. The molecule has 0 aliphatic heterocycles. The smallest absolute Gasteiger partial charge is 0.213 e. The van der Waals surface area contributed by atoms with Gasteiger partial charge in [0.25, 0.3) is 0 Å². The number of benzene rings is 1. The van der Waals surface area contributed by atoms with Gasteiger partial charge in [-0.1, -0.05) is 23.7 Å². The molecule has 0 aromatic heterocycles. The number of rotatable bonds is 9. The van der Waals surface area contributed by atoms with Gasteiger partial charge in [0.1, 0.15) is 0 Å². The molecule has 0 bridgehead atoms. The molecule has 1 aliphatic rings. The lowest BCUT2D eigenvalue weighted by Gasteiger charge is -2.25. The summed E-state index contributed by atoms with van der Waals surface area (Å²) in [5.74, 6) is -0.0272. The van der Waals surface area contributed by atoms with Gasteiger partial charge in [-0.3, -0.25) is 0 Å². The first kappa shape index (κ1) is 17.7. The van der Waals surface area contributed by atoms with Gasteiger partial charge in [0.05, 0.1) is 24.6 Å². The van der Waals surface area contributed by atoms with Gasteiger partial charge in [0.15, 0.2) is 0 Å². The van der Waals surface area contributed by atoms with Crippen molar-refractivity contribution in [3.63, 3.8) is 0 Å².